The summed E-state index contributed by atoms with van der Waals surface area (Å²) >= 11 is 0. The highest BCUT2D eigenvalue weighted by Crippen LogP contribution is 2.37. The van der Waals surface area contributed by atoms with Gasteiger partial charge in [-0.05, 0) is 43.7 Å². The fraction of sp³-hybridized carbons (Fsp3) is 0.625. The van der Waals surface area contributed by atoms with Crippen LogP contribution in [0.2, 0.25) is 0 Å². The van der Waals surface area contributed by atoms with E-state index in [0.29, 0.717) is 0 Å². The van der Waals surface area contributed by atoms with Crippen LogP contribution in [0.4, 0.5) is 5.82 Å². The third kappa shape index (κ3) is 2.51. The second-order valence-electron chi connectivity index (χ2n) is 5.97. The van der Waals surface area contributed by atoms with E-state index in [2.05, 4.69) is 9.88 Å². The van der Waals surface area contributed by atoms with Crippen molar-refractivity contribution in [3.63, 3.8) is 0 Å². The minimum atomic E-state index is 0.119. The zero-order valence-corrected chi connectivity index (χ0v) is 11.6. The molecule has 1 aliphatic heterocycles. The highest BCUT2D eigenvalue weighted by Gasteiger charge is 2.32. The molecule has 19 heavy (non-hydrogen) atoms. The van der Waals surface area contributed by atoms with Gasteiger partial charge in [0.1, 0.15) is 5.82 Å². The molecular weight excluding hydrogens is 236 g/mol. The molecule has 2 atom stereocenters. The maximum atomic E-state index is 11.7. The van der Waals surface area contributed by atoms with Crippen LogP contribution in [0.15, 0.2) is 18.3 Å². The van der Waals surface area contributed by atoms with Gasteiger partial charge in [0.25, 0.3) is 0 Å². The molecule has 2 aliphatic rings. The first-order valence-corrected chi connectivity index (χ1v) is 7.46. The smallest absolute Gasteiger partial charge is 0.163 e. The number of carbonyl (C=O) groups is 1. The molecule has 1 aromatic heterocycles. The standard InChI is InChI=1S/C16H22N2O/c1-12(19)15-7-4-9-17-16(15)18-10-8-13-5-2-3-6-14(13)11-18/h4,7,9,13-14H,2-3,5-6,8,10-11H2,1H3. The topological polar surface area (TPSA) is 33.2 Å². The van der Waals surface area contributed by atoms with E-state index in [0.717, 1.165) is 36.3 Å². The summed E-state index contributed by atoms with van der Waals surface area (Å²) < 4.78 is 0. The van der Waals surface area contributed by atoms with Crippen molar-refractivity contribution in [1.82, 2.24) is 4.98 Å². The maximum Gasteiger partial charge on any atom is 0.163 e. The van der Waals surface area contributed by atoms with E-state index in [9.17, 15) is 4.79 Å². The molecule has 102 valence electrons. The van der Waals surface area contributed by atoms with Gasteiger partial charge in [0.05, 0.1) is 5.56 Å². The van der Waals surface area contributed by atoms with Gasteiger partial charge in [-0.25, -0.2) is 4.98 Å². The lowest BCUT2D eigenvalue weighted by Crippen LogP contribution is -2.42. The Labute approximate surface area is 115 Å². The predicted molar refractivity (Wildman–Crippen MR) is 76.5 cm³/mol. The van der Waals surface area contributed by atoms with Crippen LogP contribution in [0.1, 0.15) is 49.4 Å². The van der Waals surface area contributed by atoms with Crippen LogP contribution in [0.25, 0.3) is 0 Å². The first-order chi connectivity index (χ1) is 9.25. The molecule has 2 fully saturated rings. The van der Waals surface area contributed by atoms with E-state index in [1.54, 1.807) is 13.1 Å². The molecule has 3 heteroatoms. The van der Waals surface area contributed by atoms with Crippen LogP contribution in [-0.2, 0) is 0 Å². The van der Waals surface area contributed by atoms with E-state index in [4.69, 9.17) is 0 Å². The Balaban J connectivity index is 1.81. The molecule has 0 N–H and O–H groups in total. The Bertz CT molecular complexity index is 472. The van der Waals surface area contributed by atoms with Crippen molar-refractivity contribution < 1.29 is 4.79 Å². The minimum Gasteiger partial charge on any atom is -0.356 e. The monoisotopic (exact) mass is 258 g/mol. The van der Waals surface area contributed by atoms with E-state index in [1.807, 2.05) is 12.1 Å². The first-order valence-electron chi connectivity index (χ1n) is 7.46. The van der Waals surface area contributed by atoms with E-state index in [-0.39, 0.29) is 5.78 Å². The van der Waals surface area contributed by atoms with Crippen LogP contribution in [-0.4, -0.2) is 23.9 Å². The summed E-state index contributed by atoms with van der Waals surface area (Å²) in [6.07, 6.45) is 8.59. The number of hydrogen-bond acceptors (Lipinski definition) is 3. The molecule has 0 aromatic carbocycles. The molecule has 3 rings (SSSR count). The Morgan fingerprint density at radius 2 is 2.05 bits per heavy atom. The summed E-state index contributed by atoms with van der Waals surface area (Å²) in [6, 6.07) is 3.76. The van der Waals surface area contributed by atoms with Gasteiger partial charge in [-0.1, -0.05) is 19.3 Å². The molecule has 1 aliphatic carbocycles. The van der Waals surface area contributed by atoms with E-state index in [1.165, 1.54) is 32.1 Å². The quantitative estimate of drug-likeness (QED) is 0.763. The van der Waals surface area contributed by atoms with Crippen LogP contribution in [0.5, 0.6) is 0 Å². The summed E-state index contributed by atoms with van der Waals surface area (Å²) in [5.74, 6) is 2.74. The van der Waals surface area contributed by atoms with Crippen LogP contribution in [0.3, 0.4) is 0 Å². The van der Waals surface area contributed by atoms with E-state index < -0.39 is 0 Å². The lowest BCUT2D eigenvalue weighted by atomic mass is 9.75. The van der Waals surface area contributed by atoms with Gasteiger partial charge in [-0.15, -0.1) is 0 Å². The fourth-order valence-corrected chi connectivity index (χ4v) is 3.72. The summed E-state index contributed by atoms with van der Waals surface area (Å²) in [7, 11) is 0. The van der Waals surface area contributed by atoms with Gasteiger partial charge in [0.15, 0.2) is 5.78 Å². The Morgan fingerprint density at radius 3 is 2.84 bits per heavy atom. The highest BCUT2D eigenvalue weighted by molar-refractivity contribution is 5.98. The Morgan fingerprint density at radius 1 is 1.26 bits per heavy atom. The highest BCUT2D eigenvalue weighted by atomic mass is 16.1. The largest absolute Gasteiger partial charge is 0.356 e. The number of piperidine rings is 1. The van der Waals surface area contributed by atoms with Gasteiger partial charge >= 0.3 is 0 Å². The molecule has 0 bridgehead atoms. The third-order valence-electron chi connectivity index (χ3n) is 4.76. The lowest BCUT2D eigenvalue weighted by Gasteiger charge is -2.42. The molecular formula is C16H22N2O. The number of ketones is 1. The number of anilines is 1. The lowest BCUT2D eigenvalue weighted by molar-refractivity contribution is 0.101. The number of aromatic nitrogens is 1. The number of carbonyl (C=O) groups excluding carboxylic acids is 1. The summed E-state index contributed by atoms with van der Waals surface area (Å²) in [6.45, 7) is 3.77. The number of Topliss-reactive ketones (excluding diaryl/α,β-unsaturated/α-hetero) is 1. The average Bonchev–Trinajstić information content (AvgIpc) is 2.46. The molecule has 3 nitrogen and oxygen atoms in total. The van der Waals surface area contributed by atoms with Crippen molar-refractivity contribution in [3.8, 4) is 0 Å². The summed E-state index contributed by atoms with van der Waals surface area (Å²) in [5.41, 5.74) is 0.775. The summed E-state index contributed by atoms with van der Waals surface area (Å²) in [4.78, 5) is 18.5. The van der Waals surface area contributed by atoms with E-state index >= 15 is 0 Å². The van der Waals surface area contributed by atoms with Crippen molar-refractivity contribution in [2.45, 2.75) is 39.0 Å². The van der Waals surface area contributed by atoms with Crippen molar-refractivity contribution in [1.29, 1.82) is 0 Å². The second kappa shape index (κ2) is 5.32. The first kappa shape index (κ1) is 12.6. The zero-order valence-electron chi connectivity index (χ0n) is 11.6. The number of fused-ring (bicyclic) bond motifs is 1. The zero-order chi connectivity index (χ0) is 13.2. The van der Waals surface area contributed by atoms with Crippen molar-refractivity contribution in [2.75, 3.05) is 18.0 Å². The van der Waals surface area contributed by atoms with Crippen LogP contribution < -0.4 is 4.90 Å². The molecule has 0 radical (unpaired) electrons. The van der Waals surface area contributed by atoms with Gasteiger partial charge in [0.2, 0.25) is 0 Å². The Kier molecular flexibility index (Phi) is 3.54. The van der Waals surface area contributed by atoms with Crippen LogP contribution >= 0.6 is 0 Å². The molecule has 0 amide bonds. The molecule has 2 unspecified atom stereocenters. The Hall–Kier alpha value is -1.38. The molecule has 0 spiro atoms. The third-order valence-corrected chi connectivity index (χ3v) is 4.76. The van der Waals surface area contributed by atoms with Gasteiger partial charge < -0.3 is 4.90 Å². The number of pyridine rings is 1. The fourth-order valence-electron chi connectivity index (χ4n) is 3.72. The van der Waals surface area contributed by atoms with Gasteiger partial charge in [-0.3, -0.25) is 4.79 Å². The maximum absolute atomic E-state index is 11.7. The van der Waals surface area contributed by atoms with Crippen molar-refractivity contribution in [3.05, 3.63) is 23.9 Å². The summed E-state index contributed by atoms with van der Waals surface area (Å²) in [5, 5.41) is 0. The van der Waals surface area contributed by atoms with Crippen molar-refractivity contribution >= 4 is 11.6 Å². The molecule has 1 aromatic rings. The number of hydrogen-bond donors (Lipinski definition) is 0. The predicted octanol–water partition coefficient (Wildman–Crippen LogP) is 3.30. The van der Waals surface area contributed by atoms with Crippen LogP contribution in [0, 0.1) is 11.8 Å². The second-order valence-corrected chi connectivity index (χ2v) is 5.97. The number of rotatable bonds is 2. The van der Waals surface area contributed by atoms with Gasteiger partial charge in [0, 0.05) is 19.3 Å². The SMILES string of the molecule is CC(=O)c1cccnc1N1CCC2CCCCC2C1. The minimum absolute atomic E-state index is 0.119. The molecule has 1 saturated heterocycles. The average molecular weight is 258 g/mol. The molecule has 2 heterocycles. The normalized spacial score (nSPS) is 26.9. The molecule has 1 saturated carbocycles. The number of nitrogens with zero attached hydrogens (tertiary/aromatic N) is 2. The van der Waals surface area contributed by atoms with Crippen molar-refractivity contribution in [2.24, 2.45) is 11.8 Å². The van der Waals surface area contributed by atoms with Gasteiger partial charge in [-0.2, -0.15) is 0 Å².